The van der Waals surface area contributed by atoms with Gasteiger partial charge in [0.2, 0.25) is 0 Å². The maximum Gasteiger partial charge on any atom is 0.108 e. The molecule has 1 rings (SSSR count). The average molecular weight is 157 g/mol. The molecular weight excluding hydrogens is 138 g/mol. The third kappa shape index (κ3) is 2.80. The van der Waals surface area contributed by atoms with Gasteiger partial charge < -0.3 is 4.74 Å². The van der Waals surface area contributed by atoms with Gasteiger partial charge in [0, 0.05) is 5.54 Å². The molecule has 2 nitrogen and oxygen atoms in total. The van der Waals surface area contributed by atoms with Gasteiger partial charge in [0.25, 0.3) is 0 Å². The fraction of sp³-hybridized carbons (Fsp3) is 1.00. The predicted molar refractivity (Wildman–Crippen MR) is 46.5 cm³/mol. The molecule has 1 fully saturated rings. The number of rotatable bonds is 3. The molecule has 0 saturated carbocycles. The van der Waals surface area contributed by atoms with E-state index in [9.17, 15) is 0 Å². The lowest BCUT2D eigenvalue weighted by atomic mass is 10.1. The molecule has 0 aromatic rings. The van der Waals surface area contributed by atoms with Crippen molar-refractivity contribution < 1.29 is 4.74 Å². The molecular formula is C9H19NO. The van der Waals surface area contributed by atoms with Gasteiger partial charge in [-0.1, -0.05) is 13.3 Å². The van der Waals surface area contributed by atoms with E-state index in [0.29, 0.717) is 6.23 Å². The summed E-state index contributed by atoms with van der Waals surface area (Å²) in [5, 5.41) is 3.44. The van der Waals surface area contributed by atoms with Crippen LogP contribution in [0.5, 0.6) is 0 Å². The molecule has 0 aliphatic carbocycles. The van der Waals surface area contributed by atoms with Crippen molar-refractivity contribution in [3.8, 4) is 0 Å². The summed E-state index contributed by atoms with van der Waals surface area (Å²) in [6.45, 7) is 7.42. The highest BCUT2D eigenvalue weighted by Crippen LogP contribution is 2.17. The van der Waals surface area contributed by atoms with E-state index in [2.05, 4.69) is 26.1 Å². The summed E-state index contributed by atoms with van der Waals surface area (Å²) >= 11 is 0. The Hall–Kier alpha value is -0.0800. The van der Waals surface area contributed by atoms with Gasteiger partial charge in [0.15, 0.2) is 0 Å². The zero-order valence-corrected chi connectivity index (χ0v) is 7.81. The van der Waals surface area contributed by atoms with Crippen molar-refractivity contribution in [1.82, 2.24) is 5.32 Å². The topological polar surface area (TPSA) is 21.3 Å². The molecule has 1 saturated heterocycles. The lowest BCUT2D eigenvalue weighted by Gasteiger charge is -2.16. The second-order valence-electron chi connectivity index (χ2n) is 3.97. The SMILES string of the molecule is CCCCC1NC(C)(C)CO1. The van der Waals surface area contributed by atoms with Gasteiger partial charge in [0.05, 0.1) is 6.61 Å². The van der Waals surface area contributed by atoms with Crippen LogP contribution in [0.4, 0.5) is 0 Å². The Bertz CT molecular complexity index is 123. The quantitative estimate of drug-likeness (QED) is 0.675. The molecule has 1 aliphatic heterocycles. The molecule has 0 radical (unpaired) electrons. The van der Waals surface area contributed by atoms with E-state index in [0.717, 1.165) is 13.0 Å². The van der Waals surface area contributed by atoms with Crippen molar-refractivity contribution in [2.75, 3.05) is 6.61 Å². The van der Waals surface area contributed by atoms with Crippen LogP contribution in [0.1, 0.15) is 40.0 Å². The molecule has 1 atom stereocenters. The van der Waals surface area contributed by atoms with Gasteiger partial charge in [-0.3, -0.25) is 5.32 Å². The Morgan fingerprint density at radius 2 is 2.27 bits per heavy atom. The van der Waals surface area contributed by atoms with Crippen LogP contribution in [0.15, 0.2) is 0 Å². The molecule has 0 bridgehead atoms. The molecule has 11 heavy (non-hydrogen) atoms. The first-order valence-corrected chi connectivity index (χ1v) is 4.53. The highest BCUT2D eigenvalue weighted by Gasteiger charge is 2.29. The van der Waals surface area contributed by atoms with Crippen LogP contribution < -0.4 is 5.32 Å². The Morgan fingerprint density at radius 3 is 2.73 bits per heavy atom. The zero-order chi connectivity index (χ0) is 8.32. The smallest absolute Gasteiger partial charge is 0.108 e. The molecule has 0 aromatic heterocycles. The van der Waals surface area contributed by atoms with Crippen LogP contribution in [0, 0.1) is 0 Å². The van der Waals surface area contributed by atoms with Crippen molar-refractivity contribution in [2.45, 2.75) is 51.8 Å². The van der Waals surface area contributed by atoms with Crippen LogP contribution in [0.2, 0.25) is 0 Å². The summed E-state index contributed by atoms with van der Waals surface area (Å²) in [5.41, 5.74) is 0.193. The number of unbranched alkanes of at least 4 members (excludes halogenated alkanes) is 1. The third-order valence-electron chi connectivity index (χ3n) is 2.02. The molecule has 66 valence electrons. The Kier molecular flexibility index (Phi) is 2.90. The van der Waals surface area contributed by atoms with E-state index in [-0.39, 0.29) is 5.54 Å². The van der Waals surface area contributed by atoms with Crippen molar-refractivity contribution in [2.24, 2.45) is 0 Å². The highest BCUT2D eigenvalue weighted by atomic mass is 16.5. The fourth-order valence-corrected chi connectivity index (χ4v) is 1.37. The van der Waals surface area contributed by atoms with Crippen LogP contribution in [0.3, 0.4) is 0 Å². The number of hydrogen-bond acceptors (Lipinski definition) is 2. The van der Waals surface area contributed by atoms with Crippen LogP contribution >= 0.6 is 0 Å². The summed E-state index contributed by atoms with van der Waals surface area (Å²) in [6.07, 6.45) is 3.97. The highest BCUT2D eigenvalue weighted by molar-refractivity contribution is 4.84. The molecule has 0 amide bonds. The molecule has 2 heteroatoms. The molecule has 1 heterocycles. The third-order valence-corrected chi connectivity index (χ3v) is 2.02. The minimum atomic E-state index is 0.193. The molecule has 0 spiro atoms. The Morgan fingerprint density at radius 1 is 1.55 bits per heavy atom. The maximum absolute atomic E-state index is 5.56. The molecule has 0 aromatic carbocycles. The van der Waals surface area contributed by atoms with Crippen molar-refractivity contribution in [3.05, 3.63) is 0 Å². The lowest BCUT2D eigenvalue weighted by molar-refractivity contribution is 0.0899. The minimum Gasteiger partial charge on any atom is -0.361 e. The lowest BCUT2D eigenvalue weighted by Crippen LogP contribution is -2.38. The van der Waals surface area contributed by atoms with Crippen molar-refractivity contribution in [3.63, 3.8) is 0 Å². The second-order valence-corrected chi connectivity index (χ2v) is 3.97. The summed E-state index contributed by atoms with van der Waals surface area (Å²) in [6, 6.07) is 0. The fourth-order valence-electron chi connectivity index (χ4n) is 1.37. The van der Waals surface area contributed by atoms with Gasteiger partial charge in [-0.15, -0.1) is 0 Å². The average Bonchev–Trinajstić information content (AvgIpc) is 2.26. The van der Waals surface area contributed by atoms with E-state index in [4.69, 9.17) is 4.74 Å². The minimum absolute atomic E-state index is 0.193. The van der Waals surface area contributed by atoms with Crippen LogP contribution in [0.25, 0.3) is 0 Å². The molecule has 1 unspecified atom stereocenters. The first-order chi connectivity index (χ1) is 5.14. The van der Waals surface area contributed by atoms with Crippen molar-refractivity contribution >= 4 is 0 Å². The predicted octanol–water partition coefficient (Wildman–Crippen LogP) is 1.90. The van der Waals surface area contributed by atoms with Gasteiger partial charge in [-0.2, -0.15) is 0 Å². The first kappa shape index (κ1) is 9.01. The summed E-state index contributed by atoms with van der Waals surface area (Å²) < 4.78 is 5.56. The van der Waals surface area contributed by atoms with E-state index in [1.807, 2.05) is 0 Å². The first-order valence-electron chi connectivity index (χ1n) is 4.53. The standard InChI is InChI=1S/C9H19NO/c1-4-5-6-8-10-9(2,3)7-11-8/h8,10H,4-7H2,1-3H3. The Balaban J connectivity index is 2.20. The number of nitrogens with one attached hydrogen (secondary N) is 1. The largest absolute Gasteiger partial charge is 0.361 e. The summed E-state index contributed by atoms with van der Waals surface area (Å²) in [7, 11) is 0. The number of ether oxygens (including phenoxy) is 1. The van der Waals surface area contributed by atoms with Crippen LogP contribution in [-0.2, 0) is 4.74 Å². The second kappa shape index (κ2) is 3.55. The Labute approximate surface area is 69.3 Å². The van der Waals surface area contributed by atoms with Gasteiger partial charge >= 0.3 is 0 Å². The summed E-state index contributed by atoms with van der Waals surface area (Å²) in [4.78, 5) is 0. The van der Waals surface area contributed by atoms with Crippen molar-refractivity contribution in [1.29, 1.82) is 0 Å². The maximum atomic E-state index is 5.56. The van der Waals surface area contributed by atoms with E-state index >= 15 is 0 Å². The zero-order valence-electron chi connectivity index (χ0n) is 7.81. The van der Waals surface area contributed by atoms with Gasteiger partial charge in [0.1, 0.15) is 6.23 Å². The van der Waals surface area contributed by atoms with E-state index in [1.165, 1.54) is 12.8 Å². The van der Waals surface area contributed by atoms with E-state index in [1.54, 1.807) is 0 Å². The van der Waals surface area contributed by atoms with E-state index < -0.39 is 0 Å². The monoisotopic (exact) mass is 157 g/mol. The number of hydrogen-bond donors (Lipinski definition) is 1. The van der Waals surface area contributed by atoms with Gasteiger partial charge in [-0.05, 0) is 26.7 Å². The molecule has 1 N–H and O–H groups in total. The van der Waals surface area contributed by atoms with Gasteiger partial charge in [-0.25, -0.2) is 0 Å². The normalized spacial score (nSPS) is 29.2. The van der Waals surface area contributed by atoms with Crippen LogP contribution in [-0.4, -0.2) is 18.4 Å². The summed E-state index contributed by atoms with van der Waals surface area (Å²) in [5.74, 6) is 0. The molecule has 1 aliphatic rings.